The first-order valence-corrected chi connectivity index (χ1v) is 3.91. The predicted octanol–water partition coefficient (Wildman–Crippen LogP) is 2.80. The van der Waals surface area contributed by atoms with Crippen molar-refractivity contribution in [3.05, 3.63) is 38.1 Å². The quantitative estimate of drug-likeness (QED) is 0.553. The number of hydrogen-bond donors (Lipinski definition) is 0. The van der Waals surface area contributed by atoms with Crippen molar-refractivity contribution in [1.82, 2.24) is 0 Å². The Kier molecular flexibility index (Phi) is 2.42. The van der Waals surface area contributed by atoms with Crippen LogP contribution >= 0.6 is 15.9 Å². The van der Waals surface area contributed by atoms with Crippen molar-refractivity contribution in [2.45, 2.75) is 6.92 Å². The van der Waals surface area contributed by atoms with Gasteiger partial charge in [-0.15, -0.1) is 0 Å². The Morgan fingerprint density at radius 3 is 2.67 bits per heavy atom. The molecule has 0 saturated heterocycles. The van der Waals surface area contributed by atoms with Crippen molar-refractivity contribution in [2.24, 2.45) is 0 Å². The molecule has 5 heteroatoms. The van der Waals surface area contributed by atoms with Crippen LogP contribution in [0.1, 0.15) is 5.56 Å². The molecule has 0 unspecified atom stereocenters. The minimum absolute atomic E-state index is 0.260. The third-order valence-electron chi connectivity index (χ3n) is 1.40. The van der Waals surface area contributed by atoms with Gasteiger partial charge in [0.05, 0.1) is 4.92 Å². The van der Waals surface area contributed by atoms with Crippen molar-refractivity contribution < 1.29 is 9.31 Å². The lowest BCUT2D eigenvalue weighted by atomic mass is 10.2. The summed E-state index contributed by atoms with van der Waals surface area (Å²) in [5.74, 6) is -0.775. The van der Waals surface area contributed by atoms with Gasteiger partial charge in [-0.05, 0) is 18.6 Å². The smallest absolute Gasteiger partial charge is 0.258 e. The van der Waals surface area contributed by atoms with Crippen molar-refractivity contribution >= 4 is 21.6 Å². The van der Waals surface area contributed by atoms with Gasteiger partial charge in [0.2, 0.25) is 5.82 Å². The molecule has 3 nitrogen and oxygen atoms in total. The maximum Gasteiger partial charge on any atom is 0.306 e. The van der Waals surface area contributed by atoms with Crippen molar-refractivity contribution in [2.75, 3.05) is 0 Å². The van der Waals surface area contributed by atoms with Gasteiger partial charge >= 0.3 is 5.69 Å². The fourth-order valence-electron chi connectivity index (χ4n) is 0.841. The van der Waals surface area contributed by atoms with E-state index in [9.17, 15) is 14.5 Å². The first kappa shape index (κ1) is 9.12. The summed E-state index contributed by atoms with van der Waals surface area (Å²) in [4.78, 5) is 9.53. The number of rotatable bonds is 1. The van der Waals surface area contributed by atoms with E-state index in [4.69, 9.17) is 0 Å². The topological polar surface area (TPSA) is 43.1 Å². The van der Waals surface area contributed by atoms with Gasteiger partial charge in [-0.25, -0.2) is 0 Å². The number of benzene rings is 1. The minimum Gasteiger partial charge on any atom is -0.258 e. The molecule has 0 spiro atoms. The first-order chi connectivity index (χ1) is 5.52. The molecule has 0 aromatic heterocycles. The van der Waals surface area contributed by atoms with E-state index in [1.807, 2.05) is 0 Å². The summed E-state index contributed by atoms with van der Waals surface area (Å²) in [6.45, 7) is 1.48. The first-order valence-electron chi connectivity index (χ1n) is 3.12. The summed E-state index contributed by atoms with van der Waals surface area (Å²) in [5, 5.41) is 10.3. The molecule has 12 heavy (non-hydrogen) atoms. The number of halogens is 2. The summed E-state index contributed by atoms with van der Waals surface area (Å²) in [6.07, 6.45) is 0. The molecular formula is C7H5BrFNO2. The molecule has 0 atom stereocenters. The zero-order valence-electron chi connectivity index (χ0n) is 6.17. The normalized spacial score (nSPS) is 9.92. The third-order valence-corrected chi connectivity index (χ3v) is 1.85. The molecule has 0 N–H and O–H groups in total. The second-order valence-electron chi connectivity index (χ2n) is 2.31. The maximum atomic E-state index is 13.0. The Morgan fingerprint density at radius 1 is 1.58 bits per heavy atom. The van der Waals surface area contributed by atoms with Crippen LogP contribution in [0.4, 0.5) is 10.1 Å². The molecule has 0 aliphatic rings. The lowest BCUT2D eigenvalue weighted by Gasteiger charge is -1.98. The fourth-order valence-corrected chi connectivity index (χ4v) is 1.40. The standard InChI is InChI=1S/C7H5BrFNO2/c1-4-2-5(8)3-6(7(4)9)10(11)12/h2-3H,1H3. The van der Waals surface area contributed by atoms with Crippen LogP contribution in [0, 0.1) is 22.9 Å². The molecule has 64 valence electrons. The van der Waals surface area contributed by atoms with Gasteiger partial charge in [0.1, 0.15) is 0 Å². The highest BCUT2D eigenvalue weighted by Gasteiger charge is 2.16. The molecule has 0 heterocycles. The van der Waals surface area contributed by atoms with Gasteiger partial charge in [0.25, 0.3) is 0 Å². The molecule has 1 rings (SSSR count). The van der Waals surface area contributed by atoms with Crippen molar-refractivity contribution in [3.63, 3.8) is 0 Å². The summed E-state index contributed by atoms with van der Waals surface area (Å²) < 4.78 is 13.5. The molecule has 1 aromatic carbocycles. The number of nitro groups is 1. The van der Waals surface area contributed by atoms with Gasteiger partial charge in [-0.2, -0.15) is 4.39 Å². The molecule has 0 fully saturated rings. The van der Waals surface area contributed by atoms with Crippen LogP contribution in [0.3, 0.4) is 0 Å². The lowest BCUT2D eigenvalue weighted by molar-refractivity contribution is -0.387. The van der Waals surface area contributed by atoms with E-state index in [2.05, 4.69) is 15.9 Å². The molecule has 0 saturated carbocycles. The number of hydrogen-bond acceptors (Lipinski definition) is 2. The number of aryl methyl sites for hydroxylation is 1. The lowest BCUT2D eigenvalue weighted by Crippen LogP contribution is -1.94. The van der Waals surface area contributed by atoms with Crippen molar-refractivity contribution in [1.29, 1.82) is 0 Å². The zero-order chi connectivity index (χ0) is 9.30. The van der Waals surface area contributed by atoms with Gasteiger partial charge in [-0.3, -0.25) is 10.1 Å². The van der Waals surface area contributed by atoms with Crippen LogP contribution in [-0.4, -0.2) is 4.92 Å². The molecule has 0 aliphatic heterocycles. The zero-order valence-corrected chi connectivity index (χ0v) is 7.76. The second-order valence-corrected chi connectivity index (χ2v) is 3.23. The van der Waals surface area contributed by atoms with E-state index in [-0.39, 0.29) is 5.56 Å². The van der Waals surface area contributed by atoms with Crippen LogP contribution in [0.25, 0.3) is 0 Å². The highest BCUT2D eigenvalue weighted by atomic mass is 79.9. The summed E-state index contributed by atoms with van der Waals surface area (Å²) in [6, 6.07) is 2.63. The van der Waals surface area contributed by atoms with Crippen LogP contribution in [0.5, 0.6) is 0 Å². The molecule has 0 aliphatic carbocycles. The second kappa shape index (κ2) is 3.18. The Labute approximate surface area is 76.5 Å². The number of nitro benzene ring substituents is 1. The van der Waals surface area contributed by atoms with Crippen LogP contribution in [0.15, 0.2) is 16.6 Å². The van der Waals surface area contributed by atoms with E-state index in [1.165, 1.54) is 13.0 Å². The van der Waals surface area contributed by atoms with Gasteiger partial charge < -0.3 is 0 Å². The van der Waals surface area contributed by atoms with E-state index in [0.717, 1.165) is 6.07 Å². The SMILES string of the molecule is Cc1cc(Br)cc([N+](=O)[O-])c1F. The van der Waals surface area contributed by atoms with Crippen LogP contribution in [-0.2, 0) is 0 Å². The Hall–Kier alpha value is -0.970. The van der Waals surface area contributed by atoms with Gasteiger partial charge in [0.15, 0.2) is 0 Å². The molecule has 0 radical (unpaired) electrons. The maximum absolute atomic E-state index is 13.0. The predicted molar refractivity (Wildman–Crippen MR) is 45.5 cm³/mol. The van der Waals surface area contributed by atoms with Crippen LogP contribution in [0.2, 0.25) is 0 Å². The highest BCUT2D eigenvalue weighted by molar-refractivity contribution is 9.10. The summed E-state index contributed by atoms with van der Waals surface area (Å²) in [7, 11) is 0. The average Bonchev–Trinajstić information content (AvgIpc) is 1.96. The van der Waals surface area contributed by atoms with Crippen molar-refractivity contribution in [3.8, 4) is 0 Å². The summed E-state index contributed by atoms with van der Waals surface area (Å²) >= 11 is 3.04. The minimum atomic E-state index is -0.775. The van der Waals surface area contributed by atoms with Gasteiger partial charge in [0, 0.05) is 10.5 Å². The Morgan fingerprint density at radius 2 is 2.17 bits per heavy atom. The summed E-state index contributed by atoms with van der Waals surface area (Å²) in [5.41, 5.74) is -0.238. The largest absolute Gasteiger partial charge is 0.306 e. The average molecular weight is 234 g/mol. The molecule has 1 aromatic rings. The fraction of sp³-hybridized carbons (Fsp3) is 0.143. The van der Waals surface area contributed by atoms with E-state index in [1.54, 1.807) is 0 Å². The van der Waals surface area contributed by atoms with Crippen LogP contribution < -0.4 is 0 Å². The monoisotopic (exact) mass is 233 g/mol. The number of nitrogens with zero attached hydrogens (tertiary/aromatic N) is 1. The van der Waals surface area contributed by atoms with Gasteiger partial charge in [-0.1, -0.05) is 15.9 Å². The highest BCUT2D eigenvalue weighted by Crippen LogP contribution is 2.25. The molecule has 0 bridgehead atoms. The van der Waals surface area contributed by atoms with E-state index < -0.39 is 16.4 Å². The Bertz CT molecular complexity index is 340. The third kappa shape index (κ3) is 1.61. The van der Waals surface area contributed by atoms with E-state index >= 15 is 0 Å². The molecular weight excluding hydrogens is 229 g/mol. The molecule has 0 amide bonds. The van der Waals surface area contributed by atoms with E-state index in [0.29, 0.717) is 4.47 Å². The Balaban J connectivity index is 3.37.